The van der Waals surface area contributed by atoms with Gasteiger partial charge in [0.05, 0.1) is 0 Å². The lowest BCUT2D eigenvalue weighted by Crippen LogP contribution is -2.37. The minimum Gasteiger partial charge on any atom is -0.341 e. The van der Waals surface area contributed by atoms with Gasteiger partial charge in [-0.2, -0.15) is 0 Å². The molecule has 5 heteroatoms. The van der Waals surface area contributed by atoms with E-state index in [0.717, 1.165) is 32.1 Å². The number of rotatable bonds is 6. The molecule has 3 heterocycles. The van der Waals surface area contributed by atoms with Crippen molar-refractivity contribution in [2.24, 2.45) is 0 Å². The van der Waals surface area contributed by atoms with Gasteiger partial charge in [-0.05, 0) is 38.8 Å². The van der Waals surface area contributed by atoms with Crippen molar-refractivity contribution in [1.29, 1.82) is 0 Å². The predicted molar refractivity (Wildman–Crippen MR) is 85.5 cm³/mol. The molecule has 21 heavy (non-hydrogen) atoms. The van der Waals surface area contributed by atoms with Crippen molar-refractivity contribution in [3.8, 4) is 0 Å². The smallest absolute Gasteiger partial charge is 0.225 e. The van der Waals surface area contributed by atoms with Gasteiger partial charge in [0.2, 0.25) is 5.95 Å². The first-order valence-electron chi connectivity index (χ1n) is 8.37. The zero-order chi connectivity index (χ0) is 14.5. The number of likely N-dealkylation sites (N-methyl/N-ethyl adjacent to an activating group) is 1. The Hall–Kier alpha value is -1.20. The van der Waals surface area contributed by atoms with Crippen LogP contribution in [0.4, 0.5) is 5.95 Å². The van der Waals surface area contributed by atoms with E-state index in [0.29, 0.717) is 6.04 Å². The van der Waals surface area contributed by atoms with E-state index in [1.54, 1.807) is 0 Å². The fraction of sp³-hybridized carbons (Fsp3) is 0.750. The Morgan fingerprint density at radius 3 is 2.62 bits per heavy atom. The molecular weight excluding hydrogens is 262 g/mol. The summed E-state index contributed by atoms with van der Waals surface area (Å²) in [5.74, 6) is 0.893. The van der Waals surface area contributed by atoms with E-state index < -0.39 is 0 Å². The minimum atomic E-state index is 0.708. The second-order valence-corrected chi connectivity index (χ2v) is 6.14. The van der Waals surface area contributed by atoms with Gasteiger partial charge in [0.25, 0.3) is 0 Å². The molecule has 0 amide bonds. The summed E-state index contributed by atoms with van der Waals surface area (Å²) in [6, 6.07) is 0.708. The fourth-order valence-electron chi connectivity index (χ4n) is 3.45. The van der Waals surface area contributed by atoms with Crippen molar-refractivity contribution >= 4 is 5.95 Å². The van der Waals surface area contributed by atoms with Crippen molar-refractivity contribution < 1.29 is 0 Å². The zero-order valence-electron chi connectivity index (χ0n) is 13.1. The number of nitrogens with one attached hydrogen (secondary N) is 1. The average molecular weight is 289 g/mol. The Labute approximate surface area is 127 Å². The van der Waals surface area contributed by atoms with Gasteiger partial charge in [-0.1, -0.05) is 6.92 Å². The molecule has 2 fully saturated rings. The number of hydrogen-bond donors (Lipinski definition) is 1. The highest BCUT2D eigenvalue weighted by atomic mass is 15.3. The van der Waals surface area contributed by atoms with Gasteiger partial charge in [0.1, 0.15) is 0 Å². The highest BCUT2D eigenvalue weighted by Crippen LogP contribution is 2.16. The van der Waals surface area contributed by atoms with Gasteiger partial charge in [0.15, 0.2) is 0 Å². The van der Waals surface area contributed by atoms with E-state index in [4.69, 9.17) is 0 Å². The van der Waals surface area contributed by atoms with Crippen LogP contribution in [0.15, 0.2) is 12.4 Å². The minimum absolute atomic E-state index is 0.708. The van der Waals surface area contributed by atoms with Crippen LogP contribution >= 0.6 is 0 Å². The number of hydrogen-bond acceptors (Lipinski definition) is 5. The first-order valence-corrected chi connectivity index (χ1v) is 8.37. The summed E-state index contributed by atoms with van der Waals surface area (Å²) in [5, 5.41) is 3.56. The number of nitrogens with zero attached hydrogens (tertiary/aromatic N) is 4. The average Bonchev–Trinajstić information content (AvgIpc) is 3.19. The Balaban J connectivity index is 1.45. The summed E-state index contributed by atoms with van der Waals surface area (Å²) in [4.78, 5) is 13.9. The molecule has 0 bridgehead atoms. The van der Waals surface area contributed by atoms with Crippen LogP contribution in [0.3, 0.4) is 0 Å². The van der Waals surface area contributed by atoms with Crippen LogP contribution in [0.1, 0.15) is 38.2 Å². The van der Waals surface area contributed by atoms with E-state index in [1.807, 2.05) is 12.4 Å². The summed E-state index contributed by atoms with van der Waals surface area (Å²) in [6.45, 7) is 8.83. The third-order valence-electron chi connectivity index (χ3n) is 4.69. The number of likely N-dealkylation sites (tertiary alicyclic amines) is 1. The third kappa shape index (κ3) is 3.71. The van der Waals surface area contributed by atoms with Gasteiger partial charge >= 0.3 is 0 Å². The molecule has 0 aliphatic carbocycles. The standard InChI is InChI=1S/C16H27N5/c1-2-20-9-5-6-15(20)13-17-10-14-11-18-16(19-12-14)21-7-3-4-8-21/h11-12,15,17H,2-10,13H2,1H3. The van der Waals surface area contributed by atoms with Crippen molar-refractivity contribution in [2.45, 2.75) is 45.2 Å². The lowest BCUT2D eigenvalue weighted by atomic mass is 10.2. The van der Waals surface area contributed by atoms with Crippen LogP contribution in [0.2, 0.25) is 0 Å². The molecule has 0 aromatic carbocycles. The molecular formula is C16H27N5. The maximum Gasteiger partial charge on any atom is 0.225 e. The van der Waals surface area contributed by atoms with Crippen LogP contribution in [0, 0.1) is 0 Å². The fourth-order valence-corrected chi connectivity index (χ4v) is 3.45. The molecule has 1 unspecified atom stereocenters. The summed E-state index contributed by atoms with van der Waals surface area (Å²) in [5.41, 5.74) is 1.18. The Bertz CT molecular complexity index is 427. The molecule has 1 aromatic heterocycles. The maximum atomic E-state index is 4.51. The van der Waals surface area contributed by atoms with Crippen LogP contribution in [0.5, 0.6) is 0 Å². The lowest BCUT2D eigenvalue weighted by Gasteiger charge is -2.23. The summed E-state index contributed by atoms with van der Waals surface area (Å²) in [7, 11) is 0. The lowest BCUT2D eigenvalue weighted by molar-refractivity contribution is 0.260. The molecule has 1 aromatic rings. The van der Waals surface area contributed by atoms with Crippen LogP contribution in [-0.2, 0) is 6.54 Å². The highest BCUT2D eigenvalue weighted by molar-refractivity contribution is 5.30. The third-order valence-corrected chi connectivity index (χ3v) is 4.69. The molecule has 2 aliphatic heterocycles. The van der Waals surface area contributed by atoms with Crippen molar-refractivity contribution in [3.05, 3.63) is 18.0 Å². The van der Waals surface area contributed by atoms with Gasteiger partial charge in [0, 0.05) is 50.2 Å². The normalized spacial score (nSPS) is 23.1. The highest BCUT2D eigenvalue weighted by Gasteiger charge is 2.22. The van der Waals surface area contributed by atoms with E-state index in [2.05, 4.69) is 32.0 Å². The van der Waals surface area contributed by atoms with Gasteiger partial charge in [-0.15, -0.1) is 0 Å². The quantitative estimate of drug-likeness (QED) is 0.863. The van der Waals surface area contributed by atoms with E-state index >= 15 is 0 Å². The van der Waals surface area contributed by atoms with E-state index in [9.17, 15) is 0 Å². The molecule has 3 rings (SSSR count). The molecule has 2 saturated heterocycles. The molecule has 1 N–H and O–H groups in total. The van der Waals surface area contributed by atoms with E-state index in [1.165, 1.54) is 44.3 Å². The van der Waals surface area contributed by atoms with Crippen molar-refractivity contribution in [1.82, 2.24) is 20.2 Å². The maximum absolute atomic E-state index is 4.51. The van der Waals surface area contributed by atoms with Gasteiger partial charge in [-0.3, -0.25) is 4.90 Å². The monoisotopic (exact) mass is 289 g/mol. The Kier molecular flexibility index (Phi) is 5.04. The summed E-state index contributed by atoms with van der Waals surface area (Å²) < 4.78 is 0. The Morgan fingerprint density at radius 2 is 1.90 bits per heavy atom. The van der Waals surface area contributed by atoms with Crippen LogP contribution in [0.25, 0.3) is 0 Å². The van der Waals surface area contributed by atoms with Crippen molar-refractivity contribution in [2.75, 3.05) is 37.6 Å². The number of anilines is 1. The van der Waals surface area contributed by atoms with Gasteiger partial charge < -0.3 is 10.2 Å². The largest absolute Gasteiger partial charge is 0.341 e. The Morgan fingerprint density at radius 1 is 1.14 bits per heavy atom. The van der Waals surface area contributed by atoms with Gasteiger partial charge in [-0.25, -0.2) is 9.97 Å². The molecule has 0 saturated carbocycles. The molecule has 116 valence electrons. The summed E-state index contributed by atoms with van der Waals surface area (Å²) in [6.07, 6.45) is 9.14. The molecule has 0 radical (unpaired) electrons. The molecule has 5 nitrogen and oxygen atoms in total. The second kappa shape index (κ2) is 7.18. The topological polar surface area (TPSA) is 44.3 Å². The van der Waals surface area contributed by atoms with Crippen LogP contribution < -0.4 is 10.2 Å². The second-order valence-electron chi connectivity index (χ2n) is 6.14. The SMILES string of the molecule is CCN1CCCC1CNCc1cnc(N2CCCC2)nc1. The predicted octanol–water partition coefficient (Wildman–Crippen LogP) is 1.65. The summed E-state index contributed by atoms with van der Waals surface area (Å²) >= 11 is 0. The zero-order valence-corrected chi connectivity index (χ0v) is 13.1. The van der Waals surface area contributed by atoms with E-state index in [-0.39, 0.29) is 0 Å². The van der Waals surface area contributed by atoms with Crippen LogP contribution in [-0.4, -0.2) is 53.6 Å². The molecule has 0 spiro atoms. The number of aromatic nitrogens is 2. The van der Waals surface area contributed by atoms with Crippen molar-refractivity contribution in [3.63, 3.8) is 0 Å². The first kappa shape index (κ1) is 14.7. The first-order chi connectivity index (χ1) is 10.4. The molecule has 2 aliphatic rings. The molecule has 1 atom stereocenters.